The molecule has 0 amide bonds. The van der Waals surface area contributed by atoms with Gasteiger partial charge in [0.05, 0.1) is 11.9 Å². The number of anilines is 1. The standard InChI is InChI=1S/C11H17N5/c1-4-15-7-10(12)11(14-15)9-6-13-16(5-2)8(9)3/h6-7H,4-5,12H2,1-3H3. The van der Waals surface area contributed by atoms with Crippen molar-refractivity contribution >= 4 is 5.69 Å². The lowest BCUT2D eigenvalue weighted by Gasteiger charge is -2.00. The summed E-state index contributed by atoms with van der Waals surface area (Å²) >= 11 is 0. The number of nitrogen functional groups attached to an aromatic ring is 1. The Balaban J connectivity index is 2.49. The molecule has 0 saturated heterocycles. The van der Waals surface area contributed by atoms with Crippen LogP contribution in [-0.2, 0) is 13.1 Å². The number of hydrogen-bond acceptors (Lipinski definition) is 3. The van der Waals surface area contributed by atoms with Gasteiger partial charge in [0.15, 0.2) is 0 Å². The molecular formula is C11H17N5. The molecule has 0 aliphatic rings. The van der Waals surface area contributed by atoms with E-state index in [-0.39, 0.29) is 0 Å². The third-order valence-corrected chi connectivity index (χ3v) is 2.77. The molecule has 86 valence electrons. The second kappa shape index (κ2) is 4.00. The fourth-order valence-corrected chi connectivity index (χ4v) is 1.81. The van der Waals surface area contributed by atoms with E-state index in [1.165, 1.54) is 0 Å². The molecule has 2 aromatic heterocycles. The maximum Gasteiger partial charge on any atom is 0.119 e. The molecule has 16 heavy (non-hydrogen) atoms. The lowest BCUT2D eigenvalue weighted by molar-refractivity contribution is 0.639. The van der Waals surface area contributed by atoms with Gasteiger partial charge >= 0.3 is 0 Å². The largest absolute Gasteiger partial charge is 0.396 e. The van der Waals surface area contributed by atoms with E-state index >= 15 is 0 Å². The van der Waals surface area contributed by atoms with Crippen molar-refractivity contribution in [2.45, 2.75) is 33.9 Å². The molecule has 2 heterocycles. The third-order valence-electron chi connectivity index (χ3n) is 2.77. The van der Waals surface area contributed by atoms with E-state index in [0.29, 0.717) is 5.69 Å². The Hall–Kier alpha value is -1.78. The van der Waals surface area contributed by atoms with Crippen molar-refractivity contribution in [2.75, 3.05) is 5.73 Å². The lowest BCUT2D eigenvalue weighted by Crippen LogP contribution is -1.99. The minimum Gasteiger partial charge on any atom is -0.396 e. The van der Waals surface area contributed by atoms with Gasteiger partial charge in [0.2, 0.25) is 0 Å². The van der Waals surface area contributed by atoms with Crippen LogP contribution < -0.4 is 5.73 Å². The molecule has 0 atom stereocenters. The molecule has 0 saturated carbocycles. The Morgan fingerprint density at radius 3 is 2.56 bits per heavy atom. The van der Waals surface area contributed by atoms with Gasteiger partial charge in [0.1, 0.15) is 5.69 Å². The second-order valence-corrected chi connectivity index (χ2v) is 3.75. The van der Waals surface area contributed by atoms with Gasteiger partial charge in [-0.3, -0.25) is 9.36 Å². The van der Waals surface area contributed by atoms with Crippen LogP contribution in [0.2, 0.25) is 0 Å². The van der Waals surface area contributed by atoms with E-state index < -0.39 is 0 Å². The number of aryl methyl sites for hydroxylation is 2. The van der Waals surface area contributed by atoms with Crippen LogP contribution >= 0.6 is 0 Å². The Bertz CT molecular complexity index is 494. The normalized spacial score (nSPS) is 10.9. The highest BCUT2D eigenvalue weighted by molar-refractivity contribution is 5.73. The Morgan fingerprint density at radius 2 is 2.06 bits per heavy atom. The van der Waals surface area contributed by atoms with Gasteiger partial charge in [-0.25, -0.2) is 0 Å². The van der Waals surface area contributed by atoms with Crippen molar-refractivity contribution in [3.05, 3.63) is 18.1 Å². The summed E-state index contributed by atoms with van der Waals surface area (Å²) in [5, 5.41) is 8.74. The average molecular weight is 219 g/mol. The maximum atomic E-state index is 5.95. The number of hydrogen-bond donors (Lipinski definition) is 1. The molecule has 0 aromatic carbocycles. The second-order valence-electron chi connectivity index (χ2n) is 3.75. The van der Waals surface area contributed by atoms with Crippen LogP contribution in [0.25, 0.3) is 11.3 Å². The van der Waals surface area contributed by atoms with Gasteiger partial charge in [0, 0.05) is 30.5 Å². The molecule has 0 bridgehead atoms. The summed E-state index contributed by atoms with van der Waals surface area (Å²) < 4.78 is 3.78. The first kappa shape index (κ1) is 10.7. The van der Waals surface area contributed by atoms with Crippen molar-refractivity contribution < 1.29 is 0 Å². The minimum atomic E-state index is 0.709. The molecule has 2 rings (SSSR count). The highest BCUT2D eigenvalue weighted by atomic mass is 15.3. The Morgan fingerprint density at radius 1 is 1.31 bits per heavy atom. The molecule has 0 radical (unpaired) electrons. The highest BCUT2D eigenvalue weighted by Crippen LogP contribution is 2.26. The van der Waals surface area contributed by atoms with E-state index in [9.17, 15) is 0 Å². The molecule has 2 N–H and O–H groups in total. The molecule has 2 aromatic rings. The van der Waals surface area contributed by atoms with E-state index in [4.69, 9.17) is 5.73 Å². The van der Waals surface area contributed by atoms with Crippen molar-refractivity contribution in [3.63, 3.8) is 0 Å². The molecule has 5 nitrogen and oxygen atoms in total. The quantitative estimate of drug-likeness (QED) is 0.854. The smallest absolute Gasteiger partial charge is 0.119 e. The first-order chi connectivity index (χ1) is 7.67. The first-order valence-electron chi connectivity index (χ1n) is 5.53. The fourth-order valence-electron chi connectivity index (χ4n) is 1.81. The Kier molecular flexibility index (Phi) is 2.68. The van der Waals surface area contributed by atoms with Crippen molar-refractivity contribution in [3.8, 4) is 11.3 Å². The molecule has 0 unspecified atom stereocenters. The first-order valence-corrected chi connectivity index (χ1v) is 5.53. The minimum absolute atomic E-state index is 0.709. The van der Waals surface area contributed by atoms with Gasteiger partial charge < -0.3 is 5.73 Å². The topological polar surface area (TPSA) is 61.7 Å². The molecule has 5 heteroatoms. The maximum absolute atomic E-state index is 5.95. The number of nitrogens with zero attached hydrogens (tertiary/aromatic N) is 4. The molecule has 0 aliphatic heterocycles. The molecule has 0 aliphatic carbocycles. The third kappa shape index (κ3) is 1.58. The number of rotatable bonds is 3. The van der Waals surface area contributed by atoms with Gasteiger partial charge in [-0.2, -0.15) is 10.2 Å². The summed E-state index contributed by atoms with van der Waals surface area (Å²) in [5.41, 5.74) is 9.62. The van der Waals surface area contributed by atoms with Crippen LogP contribution in [-0.4, -0.2) is 19.6 Å². The summed E-state index contributed by atoms with van der Waals surface area (Å²) in [5.74, 6) is 0. The van der Waals surface area contributed by atoms with Crippen molar-refractivity contribution in [2.24, 2.45) is 0 Å². The van der Waals surface area contributed by atoms with Crippen LogP contribution in [0, 0.1) is 6.92 Å². The SMILES string of the molecule is CCn1cc(N)c(-c2cnn(CC)c2C)n1. The summed E-state index contributed by atoms with van der Waals surface area (Å²) in [4.78, 5) is 0. The number of nitrogens with two attached hydrogens (primary N) is 1. The zero-order valence-corrected chi connectivity index (χ0v) is 9.94. The zero-order valence-electron chi connectivity index (χ0n) is 9.94. The summed E-state index contributed by atoms with van der Waals surface area (Å²) in [6, 6.07) is 0. The predicted molar refractivity (Wildman–Crippen MR) is 63.9 cm³/mol. The van der Waals surface area contributed by atoms with E-state index in [2.05, 4.69) is 17.1 Å². The van der Waals surface area contributed by atoms with E-state index in [1.54, 1.807) is 0 Å². The van der Waals surface area contributed by atoms with Gasteiger partial charge in [-0.1, -0.05) is 0 Å². The van der Waals surface area contributed by atoms with Crippen LogP contribution in [0.15, 0.2) is 12.4 Å². The van der Waals surface area contributed by atoms with Crippen LogP contribution in [0.3, 0.4) is 0 Å². The molecule has 0 fully saturated rings. The van der Waals surface area contributed by atoms with Crippen molar-refractivity contribution in [1.82, 2.24) is 19.6 Å². The molecule has 0 spiro atoms. The van der Waals surface area contributed by atoms with Crippen molar-refractivity contribution in [1.29, 1.82) is 0 Å². The summed E-state index contributed by atoms with van der Waals surface area (Å²) in [6.07, 6.45) is 3.69. The fraction of sp³-hybridized carbons (Fsp3) is 0.455. The van der Waals surface area contributed by atoms with E-state index in [0.717, 1.165) is 30.0 Å². The lowest BCUT2D eigenvalue weighted by atomic mass is 10.2. The van der Waals surface area contributed by atoms with E-state index in [1.807, 2.05) is 35.6 Å². The Labute approximate surface area is 94.9 Å². The summed E-state index contributed by atoms with van der Waals surface area (Å²) in [7, 11) is 0. The summed E-state index contributed by atoms with van der Waals surface area (Å²) in [6.45, 7) is 7.83. The van der Waals surface area contributed by atoms with Gasteiger partial charge in [-0.05, 0) is 20.8 Å². The van der Waals surface area contributed by atoms with Gasteiger partial charge in [-0.15, -0.1) is 0 Å². The van der Waals surface area contributed by atoms with Crippen LogP contribution in [0.5, 0.6) is 0 Å². The van der Waals surface area contributed by atoms with Gasteiger partial charge in [0.25, 0.3) is 0 Å². The predicted octanol–water partition coefficient (Wildman–Crippen LogP) is 1.68. The number of aromatic nitrogens is 4. The zero-order chi connectivity index (χ0) is 11.7. The molecular weight excluding hydrogens is 202 g/mol. The van der Waals surface area contributed by atoms with Crippen LogP contribution in [0.1, 0.15) is 19.5 Å². The average Bonchev–Trinajstić information content (AvgIpc) is 2.81. The highest BCUT2D eigenvalue weighted by Gasteiger charge is 2.13. The monoisotopic (exact) mass is 219 g/mol. The van der Waals surface area contributed by atoms with Crippen LogP contribution in [0.4, 0.5) is 5.69 Å².